The average molecular weight is 399 g/mol. The third-order valence-electron chi connectivity index (χ3n) is 3.99. The number of ether oxygens (including phenoxy) is 1. The summed E-state index contributed by atoms with van der Waals surface area (Å²) in [4.78, 5) is 16.9. The van der Waals surface area contributed by atoms with Gasteiger partial charge in [-0.25, -0.2) is 4.98 Å². The molecule has 2 heterocycles. The summed E-state index contributed by atoms with van der Waals surface area (Å²) in [6, 6.07) is 15.5. The van der Waals surface area contributed by atoms with Gasteiger partial charge in [-0.1, -0.05) is 41.9 Å². The lowest BCUT2D eigenvalue weighted by molar-refractivity contribution is -0.136. The van der Waals surface area contributed by atoms with Gasteiger partial charge in [0.05, 0.1) is 17.1 Å². The van der Waals surface area contributed by atoms with Crippen LogP contribution in [0.1, 0.15) is 10.4 Å². The van der Waals surface area contributed by atoms with Crippen molar-refractivity contribution in [2.24, 2.45) is 0 Å². The van der Waals surface area contributed by atoms with Crippen LogP contribution in [0.5, 0.6) is 5.75 Å². The summed E-state index contributed by atoms with van der Waals surface area (Å²) in [7, 11) is 0. The van der Waals surface area contributed by atoms with E-state index in [4.69, 9.17) is 21.4 Å². The van der Waals surface area contributed by atoms with E-state index in [1.165, 1.54) is 11.3 Å². The van der Waals surface area contributed by atoms with Crippen molar-refractivity contribution in [1.29, 1.82) is 0 Å². The molecule has 2 aromatic carbocycles. The first-order valence-electron chi connectivity index (χ1n) is 8.24. The molecule has 4 rings (SSSR count). The molecule has 0 aliphatic rings. The third-order valence-corrected chi connectivity index (χ3v) is 5.29. The molecule has 5 nitrogen and oxygen atoms in total. The van der Waals surface area contributed by atoms with Crippen molar-refractivity contribution in [2.75, 3.05) is 0 Å². The minimum Gasteiger partial charge on any atom is -0.487 e. The molecule has 136 valence electrons. The van der Waals surface area contributed by atoms with Crippen molar-refractivity contribution >= 4 is 33.9 Å². The van der Waals surface area contributed by atoms with E-state index in [1.807, 2.05) is 59.1 Å². The zero-order chi connectivity index (χ0) is 18.8. The van der Waals surface area contributed by atoms with Gasteiger partial charge in [0.1, 0.15) is 12.4 Å². The van der Waals surface area contributed by atoms with Crippen LogP contribution in [0.2, 0.25) is 5.02 Å². The fourth-order valence-electron chi connectivity index (χ4n) is 2.73. The van der Waals surface area contributed by atoms with E-state index >= 15 is 0 Å². The Morgan fingerprint density at radius 3 is 2.70 bits per heavy atom. The van der Waals surface area contributed by atoms with E-state index in [0.29, 0.717) is 17.4 Å². The second-order valence-corrected chi connectivity index (χ2v) is 7.50. The lowest BCUT2D eigenvalue weighted by Gasteiger charge is -2.09. The number of nitrogens with zero attached hydrogens (tertiary/aromatic N) is 2. The first kappa shape index (κ1) is 17.6. The molecule has 0 aliphatic carbocycles. The van der Waals surface area contributed by atoms with E-state index < -0.39 is 5.97 Å². The maximum atomic E-state index is 10.8. The van der Waals surface area contributed by atoms with Gasteiger partial charge in [0.25, 0.3) is 0 Å². The summed E-state index contributed by atoms with van der Waals surface area (Å²) in [6.45, 7) is 0.451. The standard InChI is InChI=1S/C20H15ClN2O3S/c21-16-8-14(6-7-18(16)26-12-13-4-2-1-3-5-13)17-11-23-10-15(9-19(24)25)27-20(23)22-17/h1-8,10-11H,9,12H2,(H,24,25). The molecule has 0 fully saturated rings. The summed E-state index contributed by atoms with van der Waals surface area (Å²) in [5, 5.41) is 9.41. The summed E-state index contributed by atoms with van der Waals surface area (Å²) >= 11 is 7.75. The van der Waals surface area contributed by atoms with Crippen LogP contribution in [0.15, 0.2) is 60.9 Å². The number of carbonyl (C=O) groups is 1. The van der Waals surface area contributed by atoms with E-state index in [0.717, 1.165) is 26.7 Å². The topological polar surface area (TPSA) is 63.8 Å². The molecule has 0 saturated heterocycles. The van der Waals surface area contributed by atoms with Gasteiger partial charge in [-0.15, -0.1) is 11.3 Å². The largest absolute Gasteiger partial charge is 0.487 e. The van der Waals surface area contributed by atoms with Gasteiger partial charge in [-0.3, -0.25) is 9.20 Å². The van der Waals surface area contributed by atoms with Gasteiger partial charge in [0.2, 0.25) is 0 Å². The average Bonchev–Trinajstić information content (AvgIpc) is 3.19. The number of carboxylic acid groups (broad SMARTS) is 1. The van der Waals surface area contributed by atoms with Crippen LogP contribution in [0.3, 0.4) is 0 Å². The van der Waals surface area contributed by atoms with Crippen molar-refractivity contribution < 1.29 is 14.6 Å². The zero-order valence-corrected chi connectivity index (χ0v) is 15.7. The van der Waals surface area contributed by atoms with Gasteiger partial charge < -0.3 is 9.84 Å². The number of imidazole rings is 1. The Morgan fingerprint density at radius 1 is 1.19 bits per heavy atom. The van der Waals surface area contributed by atoms with Gasteiger partial charge in [-0.2, -0.15) is 0 Å². The van der Waals surface area contributed by atoms with Crippen LogP contribution >= 0.6 is 22.9 Å². The Kier molecular flexibility index (Phi) is 4.83. The Labute approximate surface area is 164 Å². The van der Waals surface area contributed by atoms with Gasteiger partial charge in [0, 0.05) is 22.8 Å². The Balaban J connectivity index is 1.52. The molecule has 27 heavy (non-hydrogen) atoms. The third kappa shape index (κ3) is 3.97. The van der Waals surface area contributed by atoms with Crippen LogP contribution in [-0.2, 0) is 17.8 Å². The van der Waals surface area contributed by atoms with Crippen LogP contribution in [0, 0.1) is 0 Å². The van der Waals surface area contributed by atoms with Crippen molar-refractivity contribution in [3.8, 4) is 17.0 Å². The second kappa shape index (κ2) is 7.42. The highest BCUT2D eigenvalue weighted by Gasteiger charge is 2.12. The summed E-state index contributed by atoms with van der Waals surface area (Å²) in [5.41, 5.74) is 2.73. The molecular formula is C20H15ClN2O3S. The predicted molar refractivity (Wildman–Crippen MR) is 106 cm³/mol. The number of fused-ring (bicyclic) bond motifs is 1. The zero-order valence-electron chi connectivity index (χ0n) is 14.1. The fraction of sp³-hybridized carbons (Fsp3) is 0.100. The number of thiazole rings is 1. The first-order chi connectivity index (χ1) is 13.1. The Morgan fingerprint density at radius 2 is 2.00 bits per heavy atom. The Bertz CT molecular complexity index is 1070. The highest BCUT2D eigenvalue weighted by atomic mass is 35.5. The van der Waals surface area contributed by atoms with Gasteiger partial charge >= 0.3 is 5.97 Å². The monoisotopic (exact) mass is 398 g/mol. The molecule has 0 aliphatic heterocycles. The number of rotatable bonds is 6. The number of aromatic nitrogens is 2. The highest BCUT2D eigenvalue weighted by Crippen LogP contribution is 2.31. The molecule has 0 atom stereocenters. The number of halogens is 1. The Hall–Kier alpha value is -2.83. The van der Waals surface area contributed by atoms with E-state index in [2.05, 4.69) is 4.98 Å². The number of hydrogen-bond acceptors (Lipinski definition) is 4. The van der Waals surface area contributed by atoms with Crippen molar-refractivity contribution in [1.82, 2.24) is 9.38 Å². The van der Waals surface area contributed by atoms with Crippen LogP contribution in [-0.4, -0.2) is 20.5 Å². The van der Waals surface area contributed by atoms with Crippen LogP contribution < -0.4 is 4.74 Å². The number of hydrogen-bond donors (Lipinski definition) is 1. The smallest absolute Gasteiger partial charge is 0.308 e. The van der Waals surface area contributed by atoms with E-state index in [9.17, 15) is 4.79 Å². The van der Waals surface area contributed by atoms with Crippen molar-refractivity contribution in [2.45, 2.75) is 13.0 Å². The van der Waals surface area contributed by atoms with E-state index in [-0.39, 0.29) is 6.42 Å². The van der Waals surface area contributed by atoms with Gasteiger partial charge in [0.15, 0.2) is 4.96 Å². The van der Waals surface area contributed by atoms with Crippen molar-refractivity contribution in [3.05, 3.63) is 76.4 Å². The molecule has 0 saturated carbocycles. The second-order valence-electron chi connectivity index (χ2n) is 6.00. The number of benzene rings is 2. The number of carboxylic acids is 1. The van der Waals surface area contributed by atoms with Crippen molar-refractivity contribution in [3.63, 3.8) is 0 Å². The fourth-order valence-corrected chi connectivity index (χ4v) is 3.91. The molecule has 4 aromatic rings. The maximum absolute atomic E-state index is 10.8. The SMILES string of the molecule is O=C(O)Cc1cn2cc(-c3ccc(OCc4ccccc4)c(Cl)c3)nc2s1. The molecule has 0 spiro atoms. The molecule has 7 heteroatoms. The summed E-state index contributed by atoms with van der Waals surface area (Å²) in [6.07, 6.45) is 3.67. The van der Waals surface area contributed by atoms with E-state index in [1.54, 1.807) is 6.20 Å². The lowest BCUT2D eigenvalue weighted by Crippen LogP contribution is -1.97. The first-order valence-corrected chi connectivity index (χ1v) is 9.44. The molecule has 0 radical (unpaired) electrons. The molecular weight excluding hydrogens is 384 g/mol. The summed E-state index contributed by atoms with van der Waals surface area (Å²) < 4.78 is 7.64. The minimum absolute atomic E-state index is 0.00262. The van der Waals surface area contributed by atoms with Crippen LogP contribution in [0.4, 0.5) is 0 Å². The molecule has 1 N–H and O–H groups in total. The molecule has 0 bridgehead atoms. The molecule has 0 amide bonds. The number of aliphatic carboxylic acids is 1. The quantitative estimate of drug-likeness (QED) is 0.500. The molecule has 2 aromatic heterocycles. The van der Waals surface area contributed by atoms with Gasteiger partial charge in [-0.05, 0) is 23.8 Å². The predicted octanol–water partition coefficient (Wildman–Crippen LogP) is 4.92. The molecule has 0 unspecified atom stereocenters. The lowest BCUT2D eigenvalue weighted by atomic mass is 10.1. The normalized spacial score (nSPS) is 11.0. The minimum atomic E-state index is -0.849. The maximum Gasteiger partial charge on any atom is 0.308 e. The summed E-state index contributed by atoms with van der Waals surface area (Å²) in [5.74, 6) is -0.230. The van der Waals surface area contributed by atoms with Crippen LogP contribution in [0.25, 0.3) is 16.2 Å². The highest BCUT2D eigenvalue weighted by molar-refractivity contribution is 7.17.